The lowest BCUT2D eigenvalue weighted by Gasteiger charge is -2.27. The number of carbonyl (C=O) groups is 1. The number of carbonyl (C=O) groups excluding carboxylic acids is 1. The molecule has 0 spiro atoms. The molecule has 3 rings (SSSR count). The predicted octanol–water partition coefficient (Wildman–Crippen LogP) is 4.14. The minimum atomic E-state index is -0.163. The molecule has 1 aromatic carbocycles. The number of anilines is 2. The Hall–Kier alpha value is -3.15. The van der Waals surface area contributed by atoms with Crippen LogP contribution in [-0.4, -0.2) is 26.3 Å². The molecule has 0 aliphatic carbocycles. The van der Waals surface area contributed by atoms with Gasteiger partial charge in [-0.2, -0.15) is 0 Å². The van der Waals surface area contributed by atoms with E-state index in [-0.39, 0.29) is 5.41 Å². The molecule has 6 nitrogen and oxygen atoms in total. The van der Waals surface area contributed by atoms with Crippen molar-refractivity contribution in [2.75, 3.05) is 4.90 Å². The first-order chi connectivity index (χ1) is 12.8. The lowest BCUT2D eigenvalue weighted by molar-refractivity contribution is -0.106. The quantitative estimate of drug-likeness (QED) is 0.653. The fourth-order valence-corrected chi connectivity index (χ4v) is 2.81. The molecule has 3 aromatic rings. The van der Waals surface area contributed by atoms with Crippen LogP contribution in [0.3, 0.4) is 0 Å². The molecule has 0 N–H and O–H groups in total. The summed E-state index contributed by atoms with van der Waals surface area (Å²) in [6, 6.07) is 6.03. The standard InChI is InChI=1S/C21H23N5O/c1-14-9-24-20(25-10-14)26(13-27)19-8-16(6-7-18(19)21(3,4)5)17-11-22-15(2)23-12-17/h6-13H,1-5H3. The average molecular weight is 361 g/mol. The van der Waals surface area contributed by atoms with E-state index in [2.05, 4.69) is 40.7 Å². The lowest BCUT2D eigenvalue weighted by Crippen LogP contribution is -2.23. The third kappa shape index (κ3) is 4.00. The molecule has 1 amide bonds. The van der Waals surface area contributed by atoms with Crippen LogP contribution in [0.4, 0.5) is 11.6 Å². The Balaban J connectivity index is 2.17. The van der Waals surface area contributed by atoms with Gasteiger partial charge in [0.2, 0.25) is 12.4 Å². The van der Waals surface area contributed by atoms with Gasteiger partial charge >= 0.3 is 0 Å². The van der Waals surface area contributed by atoms with Crippen molar-refractivity contribution in [2.24, 2.45) is 0 Å². The highest BCUT2D eigenvalue weighted by Gasteiger charge is 2.24. The van der Waals surface area contributed by atoms with Crippen LogP contribution in [0.1, 0.15) is 37.7 Å². The predicted molar refractivity (Wildman–Crippen MR) is 106 cm³/mol. The third-order valence-electron chi connectivity index (χ3n) is 4.27. The van der Waals surface area contributed by atoms with Gasteiger partial charge in [-0.3, -0.25) is 9.69 Å². The molecule has 0 aliphatic heterocycles. The summed E-state index contributed by atoms with van der Waals surface area (Å²) in [6.07, 6.45) is 7.73. The highest BCUT2D eigenvalue weighted by molar-refractivity contribution is 5.87. The van der Waals surface area contributed by atoms with E-state index in [1.165, 1.54) is 4.90 Å². The Labute approximate surface area is 159 Å². The van der Waals surface area contributed by atoms with Crippen LogP contribution in [-0.2, 0) is 10.2 Å². The number of aryl methyl sites for hydroxylation is 2. The van der Waals surface area contributed by atoms with Gasteiger partial charge in [-0.1, -0.05) is 32.9 Å². The third-order valence-corrected chi connectivity index (χ3v) is 4.27. The second-order valence-electron chi connectivity index (χ2n) is 7.54. The van der Waals surface area contributed by atoms with E-state index in [9.17, 15) is 4.79 Å². The fraction of sp³-hybridized carbons (Fsp3) is 0.286. The van der Waals surface area contributed by atoms with Crippen LogP contribution in [0.2, 0.25) is 0 Å². The molecule has 0 radical (unpaired) electrons. The van der Waals surface area contributed by atoms with Crippen LogP contribution >= 0.6 is 0 Å². The van der Waals surface area contributed by atoms with Crippen molar-refractivity contribution in [1.82, 2.24) is 19.9 Å². The highest BCUT2D eigenvalue weighted by Crippen LogP contribution is 2.37. The van der Waals surface area contributed by atoms with Gasteiger partial charge in [0.05, 0.1) is 5.69 Å². The fourth-order valence-electron chi connectivity index (χ4n) is 2.81. The monoisotopic (exact) mass is 361 g/mol. The first-order valence-electron chi connectivity index (χ1n) is 8.76. The summed E-state index contributed by atoms with van der Waals surface area (Å²) >= 11 is 0. The maximum Gasteiger partial charge on any atom is 0.236 e. The normalized spacial score (nSPS) is 11.3. The Morgan fingerprint density at radius 1 is 0.889 bits per heavy atom. The van der Waals surface area contributed by atoms with Crippen LogP contribution in [0.15, 0.2) is 43.0 Å². The Morgan fingerprint density at radius 2 is 1.52 bits per heavy atom. The summed E-state index contributed by atoms with van der Waals surface area (Å²) in [6.45, 7) is 10.1. The van der Waals surface area contributed by atoms with Crippen LogP contribution in [0.5, 0.6) is 0 Å². The van der Waals surface area contributed by atoms with Crippen molar-refractivity contribution in [3.8, 4) is 11.1 Å². The first kappa shape index (κ1) is 18.6. The zero-order valence-electron chi connectivity index (χ0n) is 16.3. The van der Waals surface area contributed by atoms with Crippen LogP contribution in [0, 0.1) is 13.8 Å². The summed E-state index contributed by atoms with van der Waals surface area (Å²) in [5.41, 5.74) is 4.36. The second kappa shape index (κ2) is 7.23. The number of amides is 1. The number of nitrogens with zero attached hydrogens (tertiary/aromatic N) is 5. The van der Waals surface area contributed by atoms with Crippen molar-refractivity contribution in [3.05, 3.63) is 59.9 Å². The van der Waals surface area contributed by atoms with E-state index in [0.29, 0.717) is 11.8 Å². The number of benzene rings is 1. The van der Waals surface area contributed by atoms with Gasteiger partial charge in [0, 0.05) is 30.4 Å². The van der Waals surface area contributed by atoms with E-state index in [4.69, 9.17) is 0 Å². The van der Waals surface area contributed by atoms with Crippen molar-refractivity contribution in [2.45, 2.75) is 40.0 Å². The number of hydrogen-bond acceptors (Lipinski definition) is 5. The molecule has 0 saturated heterocycles. The summed E-state index contributed by atoms with van der Waals surface area (Å²) in [5, 5.41) is 0. The summed E-state index contributed by atoms with van der Waals surface area (Å²) in [4.78, 5) is 30.7. The van der Waals surface area contributed by atoms with Gasteiger partial charge in [-0.25, -0.2) is 19.9 Å². The number of rotatable bonds is 4. The van der Waals surface area contributed by atoms with Crippen LogP contribution in [0.25, 0.3) is 11.1 Å². The van der Waals surface area contributed by atoms with Gasteiger partial charge in [0.25, 0.3) is 0 Å². The lowest BCUT2D eigenvalue weighted by atomic mass is 9.84. The van der Waals surface area contributed by atoms with Gasteiger partial charge in [-0.15, -0.1) is 0 Å². The van der Waals surface area contributed by atoms with Gasteiger partial charge in [0.1, 0.15) is 5.82 Å². The largest absolute Gasteiger partial charge is 0.278 e. The van der Waals surface area contributed by atoms with Crippen molar-refractivity contribution >= 4 is 18.0 Å². The van der Waals surface area contributed by atoms with E-state index in [0.717, 1.165) is 34.4 Å². The van der Waals surface area contributed by atoms with Gasteiger partial charge in [-0.05, 0) is 42.0 Å². The van der Waals surface area contributed by atoms with E-state index < -0.39 is 0 Å². The minimum absolute atomic E-state index is 0.163. The molecule has 6 heteroatoms. The first-order valence-corrected chi connectivity index (χ1v) is 8.76. The van der Waals surface area contributed by atoms with Crippen LogP contribution < -0.4 is 4.90 Å². The van der Waals surface area contributed by atoms with Crippen molar-refractivity contribution in [1.29, 1.82) is 0 Å². The van der Waals surface area contributed by atoms with Crippen molar-refractivity contribution < 1.29 is 4.79 Å². The molecule has 138 valence electrons. The summed E-state index contributed by atoms with van der Waals surface area (Å²) in [7, 11) is 0. The summed E-state index contributed by atoms with van der Waals surface area (Å²) < 4.78 is 0. The maximum atomic E-state index is 12.0. The number of hydrogen-bond donors (Lipinski definition) is 0. The molecule has 0 atom stereocenters. The highest BCUT2D eigenvalue weighted by atomic mass is 16.1. The zero-order valence-corrected chi connectivity index (χ0v) is 16.3. The maximum absolute atomic E-state index is 12.0. The van der Waals surface area contributed by atoms with E-state index in [1.54, 1.807) is 24.8 Å². The molecule has 0 fully saturated rings. The molecule has 0 bridgehead atoms. The molecule has 0 saturated carbocycles. The average Bonchev–Trinajstić information content (AvgIpc) is 2.63. The zero-order chi connectivity index (χ0) is 19.6. The molecule has 27 heavy (non-hydrogen) atoms. The second-order valence-corrected chi connectivity index (χ2v) is 7.54. The molecule has 2 heterocycles. The van der Waals surface area contributed by atoms with E-state index in [1.807, 2.05) is 32.0 Å². The van der Waals surface area contributed by atoms with Gasteiger partial charge in [0.15, 0.2) is 0 Å². The SMILES string of the molecule is Cc1cnc(N(C=O)c2cc(-c3cnc(C)nc3)ccc2C(C)(C)C)nc1. The Kier molecular flexibility index (Phi) is 4.99. The summed E-state index contributed by atoms with van der Waals surface area (Å²) in [5.74, 6) is 1.06. The topological polar surface area (TPSA) is 71.9 Å². The number of aromatic nitrogens is 4. The molecular weight excluding hydrogens is 338 g/mol. The van der Waals surface area contributed by atoms with Crippen molar-refractivity contribution in [3.63, 3.8) is 0 Å². The Morgan fingerprint density at radius 3 is 2.07 bits per heavy atom. The van der Waals surface area contributed by atoms with E-state index >= 15 is 0 Å². The molecule has 0 unspecified atom stereocenters. The minimum Gasteiger partial charge on any atom is -0.278 e. The molecular formula is C21H23N5O. The smallest absolute Gasteiger partial charge is 0.236 e. The molecule has 0 aliphatic rings. The molecule has 2 aromatic heterocycles. The van der Waals surface area contributed by atoms with Gasteiger partial charge < -0.3 is 0 Å². The Bertz CT molecular complexity index is 944.